The summed E-state index contributed by atoms with van der Waals surface area (Å²) in [6, 6.07) is 0. The molecule has 5 heteroatoms. The second-order valence-electron chi connectivity index (χ2n) is 5.08. The summed E-state index contributed by atoms with van der Waals surface area (Å²) >= 11 is 0. The molecule has 0 aromatic rings. The lowest BCUT2D eigenvalue weighted by Gasteiger charge is -2.21. The van der Waals surface area contributed by atoms with Crippen LogP contribution in [-0.4, -0.2) is 30.9 Å². The molecule has 2 atom stereocenters. The SMILES string of the molecule is CCOC(=O)[C@H]1COC(=O)[C@@H]1C(=O)C(C)(C)C. The van der Waals surface area contributed by atoms with Crippen LogP contribution in [0.3, 0.4) is 0 Å². The van der Waals surface area contributed by atoms with E-state index < -0.39 is 29.2 Å². The topological polar surface area (TPSA) is 69.7 Å². The lowest BCUT2D eigenvalue weighted by Crippen LogP contribution is -2.38. The standard InChI is InChI=1S/C12H18O5/c1-5-16-10(14)7-6-17-11(15)8(7)9(13)12(2,3)4/h7-8H,5-6H2,1-4H3/t7-,8-/m0/s1. The molecule has 1 rings (SSSR count). The molecule has 1 aliphatic rings. The third-order valence-corrected chi connectivity index (χ3v) is 2.67. The van der Waals surface area contributed by atoms with E-state index in [0.29, 0.717) is 0 Å². The summed E-state index contributed by atoms with van der Waals surface area (Å²) < 4.78 is 9.65. The molecule has 17 heavy (non-hydrogen) atoms. The van der Waals surface area contributed by atoms with Crippen LogP contribution >= 0.6 is 0 Å². The van der Waals surface area contributed by atoms with Crippen LogP contribution in [0.1, 0.15) is 27.7 Å². The number of hydrogen-bond donors (Lipinski definition) is 0. The normalized spacial score (nSPS) is 24.4. The molecule has 0 unspecified atom stereocenters. The van der Waals surface area contributed by atoms with Crippen LogP contribution in [0.15, 0.2) is 0 Å². The fraction of sp³-hybridized carbons (Fsp3) is 0.750. The summed E-state index contributed by atoms with van der Waals surface area (Å²) in [7, 11) is 0. The Morgan fingerprint density at radius 2 is 2.00 bits per heavy atom. The van der Waals surface area contributed by atoms with Gasteiger partial charge in [0.2, 0.25) is 0 Å². The summed E-state index contributed by atoms with van der Waals surface area (Å²) in [6.45, 7) is 6.97. The van der Waals surface area contributed by atoms with E-state index in [-0.39, 0.29) is 19.0 Å². The molecule has 0 N–H and O–H groups in total. The minimum Gasteiger partial charge on any atom is -0.466 e. The number of ketones is 1. The highest BCUT2D eigenvalue weighted by Crippen LogP contribution is 2.31. The maximum absolute atomic E-state index is 12.1. The zero-order chi connectivity index (χ0) is 13.2. The number of carbonyl (C=O) groups is 3. The first-order valence-electron chi connectivity index (χ1n) is 5.66. The van der Waals surface area contributed by atoms with Gasteiger partial charge in [-0.15, -0.1) is 0 Å². The minimum absolute atomic E-state index is 0.0653. The Kier molecular flexibility index (Phi) is 3.91. The van der Waals surface area contributed by atoms with E-state index in [1.807, 2.05) is 0 Å². The van der Waals surface area contributed by atoms with Gasteiger partial charge in [0.1, 0.15) is 18.4 Å². The third kappa shape index (κ3) is 2.84. The first kappa shape index (κ1) is 13.7. The molecule has 1 aliphatic heterocycles. The number of Topliss-reactive ketones (excluding diaryl/α,β-unsaturated/α-hetero) is 1. The van der Waals surface area contributed by atoms with Gasteiger partial charge < -0.3 is 9.47 Å². The highest BCUT2D eigenvalue weighted by Gasteiger charge is 2.49. The largest absolute Gasteiger partial charge is 0.466 e. The Morgan fingerprint density at radius 3 is 2.47 bits per heavy atom. The molecule has 5 nitrogen and oxygen atoms in total. The fourth-order valence-electron chi connectivity index (χ4n) is 1.73. The van der Waals surface area contributed by atoms with Crippen LogP contribution in [0, 0.1) is 17.3 Å². The number of cyclic esters (lactones) is 1. The summed E-state index contributed by atoms with van der Waals surface area (Å²) in [5.41, 5.74) is -0.682. The van der Waals surface area contributed by atoms with Gasteiger partial charge in [0.25, 0.3) is 0 Å². The minimum atomic E-state index is -1.02. The molecule has 0 aromatic heterocycles. The smallest absolute Gasteiger partial charge is 0.317 e. The van der Waals surface area contributed by atoms with Crippen molar-refractivity contribution in [2.45, 2.75) is 27.7 Å². The van der Waals surface area contributed by atoms with Crippen LogP contribution in [0.25, 0.3) is 0 Å². The van der Waals surface area contributed by atoms with Crippen molar-refractivity contribution in [2.24, 2.45) is 17.3 Å². The quantitative estimate of drug-likeness (QED) is 0.544. The Balaban J connectivity index is 2.90. The van der Waals surface area contributed by atoms with Gasteiger partial charge in [-0.05, 0) is 6.92 Å². The monoisotopic (exact) mass is 242 g/mol. The first-order valence-corrected chi connectivity index (χ1v) is 5.66. The van der Waals surface area contributed by atoms with Crippen molar-refractivity contribution in [3.63, 3.8) is 0 Å². The fourth-order valence-corrected chi connectivity index (χ4v) is 1.73. The van der Waals surface area contributed by atoms with Crippen molar-refractivity contribution < 1.29 is 23.9 Å². The van der Waals surface area contributed by atoms with Gasteiger partial charge in [-0.3, -0.25) is 14.4 Å². The van der Waals surface area contributed by atoms with E-state index in [0.717, 1.165) is 0 Å². The lowest BCUT2D eigenvalue weighted by atomic mass is 9.78. The molecular formula is C12H18O5. The van der Waals surface area contributed by atoms with Gasteiger partial charge in [-0.2, -0.15) is 0 Å². The average molecular weight is 242 g/mol. The zero-order valence-corrected chi connectivity index (χ0v) is 10.6. The number of hydrogen-bond acceptors (Lipinski definition) is 5. The molecule has 0 spiro atoms. The number of esters is 2. The van der Waals surface area contributed by atoms with Crippen molar-refractivity contribution in [2.75, 3.05) is 13.2 Å². The highest BCUT2D eigenvalue weighted by molar-refractivity contribution is 6.06. The second kappa shape index (κ2) is 4.85. The molecule has 96 valence electrons. The molecule has 1 saturated heterocycles. The molecule has 1 heterocycles. The van der Waals surface area contributed by atoms with Gasteiger partial charge in [0.05, 0.1) is 6.61 Å². The van der Waals surface area contributed by atoms with Gasteiger partial charge >= 0.3 is 11.9 Å². The Bertz CT molecular complexity index is 339. The van der Waals surface area contributed by atoms with Crippen molar-refractivity contribution in [1.29, 1.82) is 0 Å². The Labute approximate surface area is 100 Å². The maximum Gasteiger partial charge on any atom is 0.317 e. The summed E-state index contributed by atoms with van der Waals surface area (Å²) in [5.74, 6) is -3.26. The number of carbonyl (C=O) groups excluding carboxylic acids is 3. The summed E-state index contributed by atoms with van der Waals surface area (Å²) in [4.78, 5) is 35.2. The van der Waals surface area contributed by atoms with Gasteiger partial charge in [0.15, 0.2) is 5.78 Å². The molecular weight excluding hydrogens is 224 g/mol. The van der Waals surface area contributed by atoms with E-state index in [2.05, 4.69) is 0 Å². The lowest BCUT2D eigenvalue weighted by molar-refractivity contribution is -0.154. The third-order valence-electron chi connectivity index (χ3n) is 2.67. The van der Waals surface area contributed by atoms with Crippen molar-refractivity contribution in [3.05, 3.63) is 0 Å². The number of ether oxygens (including phenoxy) is 2. The van der Waals surface area contributed by atoms with Crippen LogP contribution in [0.4, 0.5) is 0 Å². The Hall–Kier alpha value is -1.39. The van der Waals surface area contributed by atoms with E-state index in [4.69, 9.17) is 9.47 Å². The molecule has 0 radical (unpaired) electrons. The van der Waals surface area contributed by atoms with Gasteiger partial charge in [-0.1, -0.05) is 20.8 Å². The molecule has 0 aromatic carbocycles. The van der Waals surface area contributed by atoms with Crippen LogP contribution in [0.5, 0.6) is 0 Å². The molecule has 0 amide bonds. The van der Waals surface area contributed by atoms with E-state index in [9.17, 15) is 14.4 Å². The molecule has 0 saturated carbocycles. The van der Waals surface area contributed by atoms with Crippen LogP contribution in [0.2, 0.25) is 0 Å². The zero-order valence-electron chi connectivity index (χ0n) is 10.6. The predicted molar refractivity (Wildman–Crippen MR) is 59.0 cm³/mol. The van der Waals surface area contributed by atoms with E-state index in [1.54, 1.807) is 27.7 Å². The van der Waals surface area contributed by atoms with Gasteiger partial charge in [-0.25, -0.2) is 0 Å². The molecule has 1 fully saturated rings. The van der Waals surface area contributed by atoms with Gasteiger partial charge in [0, 0.05) is 5.41 Å². The first-order chi connectivity index (χ1) is 7.79. The average Bonchev–Trinajstić information content (AvgIpc) is 2.58. The Morgan fingerprint density at radius 1 is 1.41 bits per heavy atom. The van der Waals surface area contributed by atoms with E-state index in [1.165, 1.54) is 0 Å². The maximum atomic E-state index is 12.1. The molecule has 0 aliphatic carbocycles. The number of rotatable bonds is 3. The summed E-state index contributed by atoms with van der Waals surface area (Å²) in [6.07, 6.45) is 0. The van der Waals surface area contributed by atoms with Crippen molar-refractivity contribution in [3.8, 4) is 0 Å². The second-order valence-corrected chi connectivity index (χ2v) is 5.08. The molecule has 0 bridgehead atoms. The van der Waals surface area contributed by atoms with Crippen molar-refractivity contribution in [1.82, 2.24) is 0 Å². The van der Waals surface area contributed by atoms with E-state index >= 15 is 0 Å². The predicted octanol–water partition coefficient (Wildman–Crippen LogP) is 0.954. The van der Waals surface area contributed by atoms with Crippen LogP contribution < -0.4 is 0 Å². The van der Waals surface area contributed by atoms with Crippen LogP contribution in [-0.2, 0) is 23.9 Å². The highest BCUT2D eigenvalue weighted by atomic mass is 16.6. The summed E-state index contributed by atoms with van der Waals surface area (Å²) in [5, 5.41) is 0. The van der Waals surface area contributed by atoms with Crippen molar-refractivity contribution >= 4 is 17.7 Å².